The molecule has 1 aliphatic heterocycles. The summed E-state index contributed by atoms with van der Waals surface area (Å²) in [5, 5.41) is 9.17. The van der Waals surface area contributed by atoms with Crippen LogP contribution < -0.4 is 0 Å². The number of hydrogen-bond donors (Lipinski definition) is 0. The molecule has 0 aliphatic carbocycles. The van der Waals surface area contributed by atoms with Crippen LogP contribution in [-0.4, -0.2) is 47.6 Å². The molecule has 3 aromatic heterocycles. The van der Waals surface area contributed by atoms with Gasteiger partial charge in [-0.05, 0) is 45.1 Å². The lowest BCUT2D eigenvalue weighted by Crippen LogP contribution is -2.15. The molecule has 0 unspecified atom stereocenters. The summed E-state index contributed by atoms with van der Waals surface area (Å²) in [5.74, 6) is 3.15. The van der Waals surface area contributed by atoms with E-state index in [9.17, 15) is 0 Å². The molecule has 0 spiro atoms. The standard InChI is InChI=1S/C20H29N7O/c1-4-5-10-26-18(24-19(25-26)16-8-11-28-12-9-16)7-6-17-14(2)23-20-21-13-22-27(20)15(17)3/h13,16H,4-12H2,1-3H3. The minimum absolute atomic E-state index is 0.423. The van der Waals surface area contributed by atoms with Gasteiger partial charge in [0.1, 0.15) is 12.2 Å². The number of aromatic nitrogens is 7. The highest BCUT2D eigenvalue weighted by Gasteiger charge is 2.22. The molecule has 0 aromatic carbocycles. The number of aryl methyl sites for hydroxylation is 4. The molecular formula is C20H29N7O. The van der Waals surface area contributed by atoms with Crippen molar-refractivity contribution < 1.29 is 4.74 Å². The fourth-order valence-corrected chi connectivity index (χ4v) is 3.95. The Morgan fingerprint density at radius 2 is 1.96 bits per heavy atom. The average molecular weight is 384 g/mol. The number of fused-ring (bicyclic) bond motifs is 1. The third-order valence-corrected chi connectivity index (χ3v) is 5.66. The third-order valence-electron chi connectivity index (χ3n) is 5.66. The normalized spacial score (nSPS) is 15.5. The van der Waals surface area contributed by atoms with Gasteiger partial charge in [0.15, 0.2) is 5.82 Å². The number of rotatable bonds is 7. The van der Waals surface area contributed by atoms with Gasteiger partial charge in [-0.1, -0.05) is 13.3 Å². The van der Waals surface area contributed by atoms with Crippen LogP contribution in [0.4, 0.5) is 0 Å². The molecule has 0 atom stereocenters. The Morgan fingerprint density at radius 1 is 1.14 bits per heavy atom. The van der Waals surface area contributed by atoms with Crippen LogP contribution in [-0.2, 0) is 24.1 Å². The molecule has 4 rings (SSSR count). The second-order valence-electron chi connectivity index (χ2n) is 7.58. The minimum atomic E-state index is 0.423. The predicted molar refractivity (Wildman–Crippen MR) is 105 cm³/mol. The zero-order chi connectivity index (χ0) is 19.5. The van der Waals surface area contributed by atoms with Gasteiger partial charge in [0.25, 0.3) is 5.78 Å². The van der Waals surface area contributed by atoms with Gasteiger partial charge < -0.3 is 4.74 Å². The van der Waals surface area contributed by atoms with Crippen LogP contribution in [0.2, 0.25) is 0 Å². The molecule has 4 heterocycles. The Labute approximate surface area is 165 Å². The van der Waals surface area contributed by atoms with Crippen molar-refractivity contribution in [2.75, 3.05) is 13.2 Å². The first-order valence-corrected chi connectivity index (χ1v) is 10.3. The SMILES string of the molecule is CCCCn1nc(C2CCOCC2)nc1CCc1c(C)nc2ncnn2c1C. The summed E-state index contributed by atoms with van der Waals surface area (Å²) in [6.45, 7) is 8.90. The topological polar surface area (TPSA) is 83.0 Å². The van der Waals surface area contributed by atoms with Gasteiger partial charge in [-0.25, -0.2) is 19.2 Å². The van der Waals surface area contributed by atoms with Gasteiger partial charge in [-0.15, -0.1) is 0 Å². The number of ether oxygens (including phenoxy) is 1. The Kier molecular flexibility index (Phi) is 5.66. The van der Waals surface area contributed by atoms with Crippen molar-refractivity contribution in [2.24, 2.45) is 0 Å². The van der Waals surface area contributed by atoms with E-state index < -0.39 is 0 Å². The molecule has 1 saturated heterocycles. The molecule has 28 heavy (non-hydrogen) atoms. The zero-order valence-electron chi connectivity index (χ0n) is 17.1. The number of nitrogens with zero attached hydrogens (tertiary/aromatic N) is 7. The van der Waals surface area contributed by atoms with Crippen molar-refractivity contribution >= 4 is 5.78 Å². The van der Waals surface area contributed by atoms with E-state index in [4.69, 9.17) is 14.8 Å². The van der Waals surface area contributed by atoms with E-state index >= 15 is 0 Å². The molecule has 8 heteroatoms. The maximum absolute atomic E-state index is 5.50. The van der Waals surface area contributed by atoms with E-state index in [1.54, 1.807) is 6.33 Å². The van der Waals surface area contributed by atoms with Gasteiger partial charge in [-0.3, -0.25) is 0 Å². The largest absolute Gasteiger partial charge is 0.381 e. The van der Waals surface area contributed by atoms with Crippen LogP contribution in [0, 0.1) is 13.8 Å². The van der Waals surface area contributed by atoms with Crippen molar-refractivity contribution in [2.45, 2.75) is 71.8 Å². The van der Waals surface area contributed by atoms with Crippen LogP contribution in [0.1, 0.15) is 67.1 Å². The quantitative estimate of drug-likeness (QED) is 0.624. The first-order valence-electron chi connectivity index (χ1n) is 10.3. The Bertz CT molecular complexity index is 940. The average Bonchev–Trinajstić information content (AvgIpc) is 3.34. The minimum Gasteiger partial charge on any atom is -0.381 e. The van der Waals surface area contributed by atoms with E-state index in [0.717, 1.165) is 81.3 Å². The predicted octanol–water partition coefficient (Wildman–Crippen LogP) is 2.81. The maximum atomic E-state index is 5.50. The fraction of sp³-hybridized carbons (Fsp3) is 0.650. The smallest absolute Gasteiger partial charge is 0.252 e. The lowest BCUT2D eigenvalue weighted by atomic mass is 10.00. The van der Waals surface area contributed by atoms with E-state index in [1.807, 2.05) is 11.4 Å². The fourth-order valence-electron chi connectivity index (χ4n) is 3.95. The molecule has 0 radical (unpaired) electrons. The molecule has 3 aromatic rings. The summed E-state index contributed by atoms with van der Waals surface area (Å²) in [6, 6.07) is 0. The highest BCUT2D eigenvalue weighted by atomic mass is 16.5. The third kappa shape index (κ3) is 3.78. The lowest BCUT2D eigenvalue weighted by molar-refractivity contribution is 0.0835. The first-order chi connectivity index (χ1) is 13.7. The van der Waals surface area contributed by atoms with Crippen molar-refractivity contribution in [3.8, 4) is 0 Å². The summed E-state index contributed by atoms with van der Waals surface area (Å²) in [7, 11) is 0. The van der Waals surface area contributed by atoms with Gasteiger partial charge >= 0.3 is 0 Å². The van der Waals surface area contributed by atoms with Gasteiger partial charge in [0.05, 0.1) is 0 Å². The highest BCUT2D eigenvalue weighted by Crippen LogP contribution is 2.25. The highest BCUT2D eigenvalue weighted by molar-refractivity contribution is 5.36. The van der Waals surface area contributed by atoms with Crippen molar-refractivity contribution in [1.82, 2.24) is 34.3 Å². The monoisotopic (exact) mass is 383 g/mol. The van der Waals surface area contributed by atoms with Gasteiger partial charge in [-0.2, -0.15) is 15.2 Å². The van der Waals surface area contributed by atoms with Gasteiger partial charge in [0.2, 0.25) is 0 Å². The van der Waals surface area contributed by atoms with Crippen LogP contribution in [0.15, 0.2) is 6.33 Å². The summed E-state index contributed by atoms with van der Waals surface area (Å²) in [5.41, 5.74) is 3.34. The summed E-state index contributed by atoms with van der Waals surface area (Å²) in [6.07, 6.45) is 7.58. The molecule has 0 amide bonds. The maximum Gasteiger partial charge on any atom is 0.252 e. The Morgan fingerprint density at radius 3 is 2.75 bits per heavy atom. The van der Waals surface area contributed by atoms with Crippen LogP contribution in [0.3, 0.4) is 0 Å². The number of hydrogen-bond acceptors (Lipinski definition) is 6. The van der Waals surface area contributed by atoms with Crippen molar-refractivity contribution in [1.29, 1.82) is 0 Å². The van der Waals surface area contributed by atoms with Crippen LogP contribution in [0.25, 0.3) is 5.78 Å². The Hall–Kier alpha value is -2.35. The molecule has 150 valence electrons. The van der Waals surface area contributed by atoms with Crippen LogP contribution in [0.5, 0.6) is 0 Å². The van der Waals surface area contributed by atoms with Crippen molar-refractivity contribution in [3.63, 3.8) is 0 Å². The molecule has 1 fully saturated rings. The molecule has 0 N–H and O–H groups in total. The molecule has 0 saturated carbocycles. The summed E-state index contributed by atoms with van der Waals surface area (Å²) < 4.78 is 9.44. The van der Waals surface area contributed by atoms with E-state index in [-0.39, 0.29) is 0 Å². The lowest BCUT2D eigenvalue weighted by Gasteiger charge is -2.18. The molecule has 8 nitrogen and oxygen atoms in total. The molecule has 0 bridgehead atoms. The van der Waals surface area contributed by atoms with E-state index in [1.165, 1.54) is 5.56 Å². The summed E-state index contributed by atoms with van der Waals surface area (Å²) in [4.78, 5) is 13.8. The molecule has 1 aliphatic rings. The second kappa shape index (κ2) is 8.34. The zero-order valence-corrected chi connectivity index (χ0v) is 17.1. The summed E-state index contributed by atoms with van der Waals surface area (Å²) >= 11 is 0. The molecular weight excluding hydrogens is 354 g/mol. The van der Waals surface area contributed by atoms with E-state index in [0.29, 0.717) is 11.7 Å². The first kappa shape index (κ1) is 19.0. The second-order valence-corrected chi connectivity index (χ2v) is 7.58. The van der Waals surface area contributed by atoms with Crippen LogP contribution >= 0.6 is 0 Å². The Balaban J connectivity index is 1.57. The van der Waals surface area contributed by atoms with Gasteiger partial charge in [0, 0.05) is 43.5 Å². The van der Waals surface area contributed by atoms with E-state index in [2.05, 4.69) is 33.6 Å². The van der Waals surface area contributed by atoms with Crippen molar-refractivity contribution in [3.05, 3.63) is 34.9 Å². The number of unbranched alkanes of at least 4 members (excludes halogenated alkanes) is 1.